The summed E-state index contributed by atoms with van der Waals surface area (Å²) in [5.74, 6) is 0.178. The first-order valence-electron chi connectivity index (χ1n) is 6.81. The fourth-order valence-corrected chi connectivity index (χ4v) is 2.61. The third kappa shape index (κ3) is 2.53. The molecule has 2 aromatic rings. The molecular weight excluding hydrogens is 313 g/mol. The van der Waals surface area contributed by atoms with Gasteiger partial charge in [-0.3, -0.25) is 0 Å². The number of rotatable bonds is 2. The van der Waals surface area contributed by atoms with Crippen molar-refractivity contribution in [3.05, 3.63) is 11.9 Å². The van der Waals surface area contributed by atoms with Crippen LogP contribution in [0.5, 0.6) is 5.75 Å². The van der Waals surface area contributed by atoms with Gasteiger partial charge in [0.05, 0.1) is 23.5 Å². The molecule has 1 atom stereocenters. The number of anilines is 2. The normalized spacial score (nSPS) is 17.0. The van der Waals surface area contributed by atoms with Gasteiger partial charge in [0.1, 0.15) is 23.0 Å². The SMILES string of the molecule is CC1c2nn(C)nc2-c2c(OCC(F)(F)F)cnc(N)c2N1C. The molecule has 0 fully saturated rings. The molecule has 1 aliphatic heterocycles. The topological polar surface area (TPSA) is 82.1 Å². The number of alkyl halides is 3. The van der Waals surface area contributed by atoms with Crippen molar-refractivity contribution in [2.24, 2.45) is 7.05 Å². The quantitative estimate of drug-likeness (QED) is 0.907. The van der Waals surface area contributed by atoms with Crippen molar-refractivity contribution in [2.75, 3.05) is 24.3 Å². The number of nitrogens with two attached hydrogens (primary N) is 1. The van der Waals surface area contributed by atoms with E-state index in [4.69, 9.17) is 10.5 Å². The fraction of sp³-hybridized carbons (Fsp3) is 0.462. The molecule has 1 aliphatic rings. The Morgan fingerprint density at radius 1 is 1.30 bits per heavy atom. The van der Waals surface area contributed by atoms with Crippen molar-refractivity contribution < 1.29 is 17.9 Å². The Morgan fingerprint density at radius 3 is 2.65 bits per heavy atom. The van der Waals surface area contributed by atoms with Crippen LogP contribution in [0.3, 0.4) is 0 Å². The number of aryl methyl sites for hydroxylation is 1. The summed E-state index contributed by atoms with van der Waals surface area (Å²) in [5.41, 5.74) is 7.90. The highest BCUT2D eigenvalue weighted by atomic mass is 19.4. The first-order valence-corrected chi connectivity index (χ1v) is 6.81. The number of pyridine rings is 1. The molecule has 3 heterocycles. The molecule has 10 heteroatoms. The second-order valence-corrected chi connectivity index (χ2v) is 5.35. The predicted octanol–water partition coefficient (Wildman–Crippen LogP) is 1.91. The van der Waals surface area contributed by atoms with Gasteiger partial charge >= 0.3 is 6.18 Å². The van der Waals surface area contributed by atoms with Gasteiger partial charge in [0.25, 0.3) is 0 Å². The van der Waals surface area contributed by atoms with Crippen LogP contribution < -0.4 is 15.4 Å². The standard InChI is InChI=1S/C13H15F3N6O/c1-6-9-10(20-22(3)19-9)8-7(23-5-13(14,15)16)4-18-12(17)11(8)21(6)2/h4,6H,5H2,1-3H3,(H2,17,18). The summed E-state index contributed by atoms with van der Waals surface area (Å²) in [4.78, 5) is 7.12. The smallest absolute Gasteiger partial charge is 0.422 e. The highest BCUT2D eigenvalue weighted by molar-refractivity contribution is 5.91. The van der Waals surface area contributed by atoms with E-state index in [0.717, 1.165) is 0 Å². The molecule has 0 spiro atoms. The summed E-state index contributed by atoms with van der Waals surface area (Å²) < 4.78 is 42.4. The van der Waals surface area contributed by atoms with E-state index in [9.17, 15) is 13.2 Å². The van der Waals surface area contributed by atoms with E-state index < -0.39 is 12.8 Å². The number of hydrogen-bond acceptors (Lipinski definition) is 6. The maximum absolute atomic E-state index is 12.5. The molecule has 0 bridgehead atoms. The number of hydrogen-bond donors (Lipinski definition) is 1. The minimum atomic E-state index is -4.45. The van der Waals surface area contributed by atoms with Crippen molar-refractivity contribution in [3.63, 3.8) is 0 Å². The molecule has 124 valence electrons. The molecule has 7 nitrogen and oxygen atoms in total. The van der Waals surface area contributed by atoms with E-state index in [-0.39, 0.29) is 17.6 Å². The Kier molecular flexibility index (Phi) is 3.34. The van der Waals surface area contributed by atoms with Crippen LogP contribution in [0.4, 0.5) is 24.7 Å². The summed E-state index contributed by atoms with van der Waals surface area (Å²) in [5, 5.41) is 8.54. The highest BCUT2D eigenvalue weighted by Gasteiger charge is 2.36. The van der Waals surface area contributed by atoms with Gasteiger partial charge < -0.3 is 15.4 Å². The molecule has 0 amide bonds. The molecule has 0 radical (unpaired) electrons. The van der Waals surface area contributed by atoms with Gasteiger partial charge in [0.2, 0.25) is 0 Å². The summed E-state index contributed by atoms with van der Waals surface area (Å²) in [6.07, 6.45) is -3.27. The minimum Gasteiger partial charge on any atom is -0.482 e. The molecule has 0 saturated carbocycles. The molecule has 1 unspecified atom stereocenters. The van der Waals surface area contributed by atoms with E-state index in [1.54, 1.807) is 19.0 Å². The number of fused-ring (bicyclic) bond motifs is 3. The molecule has 0 aliphatic carbocycles. The van der Waals surface area contributed by atoms with Crippen molar-refractivity contribution in [2.45, 2.75) is 19.1 Å². The Hall–Kier alpha value is -2.52. The number of halogens is 3. The lowest BCUT2D eigenvalue weighted by Gasteiger charge is -2.33. The van der Waals surface area contributed by atoms with Gasteiger partial charge in [-0.15, -0.1) is 0 Å². The Morgan fingerprint density at radius 2 is 2.00 bits per heavy atom. The maximum atomic E-state index is 12.5. The Labute approximate surface area is 129 Å². The van der Waals surface area contributed by atoms with Crippen molar-refractivity contribution in [1.82, 2.24) is 20.0 Å². The van der Waals surface area contributed by atoms with Crippen molar-refractivity contribution in [3.8, 4) is 17.0 Å². The highest BCUT2D eigenvalue weighted by Crippen LogP contribution is 2.48. The summed E-state index contributed by atoms with van der Waals surface area (Å²) >= 11 is 0. The fourth-order valence-electron chi connectivity index (χ4n) is 2.61. The zero-order valence-corrected chi connectivity index (χ0v) is 12.7. The van der Waals surface area contributed by atoms with Crippen LogP contribution in [0.2, 0.25) is 0 Å². The Bertz CT molecular complexity index is 757. The number of ether oxygens (including phenoxy) is 1. The van der Waals surface area contributed by atoms with Crippen LogP contribution in [-0.4, -0.2) is 39.8 Å². The molecule has 0 aromatic carbocycles. The van der Waals surface area contributed by atoms with Gasteiger partial charge in [0, 0.05) is 14.1 Å². The third-order valence-electron chi connectivity index (χ3n) is 3.74. The second-order valence-electron chi connectivity index (χ2n) is 5.35. The van der Waals surface area contributed by atoms with Crippen molar-refractivity contribution >= 4 is 11.5 Å². The van der Waals surface area contributed by atoms with Crippen LogP contribution in [0.25, 0.3) is 11.3 Å². The molecule has 3 rings (SSSR count). The Balaban J connectivity index is 2.17. The molecular formula is C13H15F3N6O. The van der Waals surface area contributed by atoms with Crippen LogP contribution in [0.15, 0.2) is 6.20 Å². The van der Waals surface area contributed by atoms with Crippen LogP contribution in [-0.2, 0) is 7.05 Å². The largest absolute Gasteiger partial charge is 0.482 e. The summed E-state index contributed by atoms with van der Waals surface area (Å²) in [6.45, 7) is 0.485. The first-order chi connectivity index (χ1) is 10.7. The van der Waals surface area contributed by atoms with Gasteiger partial charge in [-0.25, -0.2) is 4.98 Å². The lowest BCUT2D eigenvalue weighted by molar-refractivity contribution is -0.153. The average Bonchev–Trinajstić information content (AvgIpc) is 2.84. The molecule has 2 N–H and O–H groups in total. The van der Waals surface area contributed by atoms with Crippen LogP contribution in [0, 0.1) is 0 Å². The van der Waals surface area contributed by atoms with E-state index in [1.165, 1.54) is 11.0 Å². The third-order valence-corrected chi connectivity index (χ3v) is 3.74. The van der Waals surface area contributed by atoms with E-state index in [2.05, 4.69) is 15.2 Å². The maximum Gasteiger partial charge on any atom is 0.422 e. The monoisotopic (exact) mass is 328 g/mol. The number of nitrogens with zero attached hydrogens (tertiary/aromatic N) is 5. The first kappa shape index (κ1) is 15.4. The minimum absolute atomic E-state index is 0.0213. The lowest BCUT2D eigenvalue weighted by Crippen LogP contribution is -2.28. The zero-order chi connectivity index (χ0) is 16.9. The van der Waals surface area contributed by atoms with Crippen molar-refractivity contribution in [1.29, 1.82) is 0 Å². The predicted molar refractivity (Wildman–Crippen MR) is 77.0 cm³/mol. The second kappa shape index (κ2) is 5.00. The van der Waals surface area contributed by atoms with E-state index in [1.807, 2.05) is 6.92 Å². The van der Waals surface area contributed by atoms with Gasteiger partial charge in [-0.2, -0.15) is 28.2 Å². The molecule has 0 saturated heterocycles. The van der Waals surface area contributed by atoms with Gasteiger partial charge in [-0.05, 0) is 6.92 Å². The zero-order valence-electron chi connectivity index (χ0n) is 12.7. The molecule has 23 heavy (non-hydrogen) atoms. The molecule has 2 aromatic heterocycles. The average molecular weight is 328 g/mol. The summed E-state index contributed by atoms with van der Waals surface area (Å²) in [6, 6.07) is -0.145. The van der Waals surface area contributed by atoms with Crippen LogP contribution >= 0.6 is 0 Å². The van der Waals surface area contributed by atoms with Gasteiger partial charge in [-0.1, -0.05) is 0 Å². The van der Waals surface area contributed by atoms with E-state index in [0.29, 0.717) is 22.6 Å². The van der Waals surface area contributed by atoms with Gasteiger partial charge in [0.15, 0.2) is 6.61 Å². The van der Waals surface area contributed by atoms with E-state index >= 15 is 0 Å². The number of aromatic nitrogens is 4. The lowest BCUT2D eigenvalue weighted by atomic mass is 9.98. The number of nitrogen functional groups attached to an aromatic ring is 1. The van der Waals surface area contributed by atoms with Crippen LogP contribution in [0.1, 0.15) is 18.7 Å². The summed E-state index contributed by atoms with van der Waals surface area (Å²) in [7, 11) is 3.41.